The van der Waals surface area contributed by atoms with E-state index in [1.165, 1.54) is 54.6 Å². The minimum Gasteiger partial charge on any atom is -0.275 e. The Morgan fingerprint density at radius 3 is 1.13 bits per heavy atom. The van der Waals surface area contributed by atoms with Gasteiger partial charge in [-0.05, 0) is 148 Å². The summed E-state index contributed by atoms with van der Waals surface area (Å²) in [6, 6.07) is 80.7. The van der Waals surface area contributed by atoms with E-state index < -0.39 is 0 Å². The van der Waals surface area contributed by atoms with E-state index in [1.54, 1.807) is 0 Å². The Morgan fingerprint density at radius 1 is 0.222 bits per heavy atom. The van der Waals surface area contributed by atoms with Gasteiger partial charge in [-0.25, -0.2) is 0 Å². The third-order valence-corrected chi connectivity index (χ3v) is 13.3. The molecule has 0 fully saturated rings. The molecule has 13 aromatic rings. The van der Waals surface area contributed by atoms with E-state index in [0.717, 1.165) is 71.3 Å². The van der Waals surface area contributed by atoms with Gasteiger partial charge in [-0.1, -0.05) is 170 Å². The summed E-state index contributed by atoms with van der Waals surface area (Å²) in [5, 5.41) is 12.6. The van der Waals surface area contributed by atoms with Gasteiger partial charge in [0.2, 0.25) is 0 Å². The second-order valence-electron chi connectivity index (χ2n) is 16.8. The van der Waals surface area contributed by atoms with Gasteiger partial charge in [0.25, 0.3) is 5.56 Å². The lowest BCUT2D eigenvalue weighted by molar-refractivity contribution is 1.21. The topological polar surface area (TPSA) is 21.5 Å². The summed E-state index contributed by atoms with van der Waals surface area (Å²) in [5.74, 6) is 0. The Hall–Kier alpha value is -8.33. The summed E-state index contributed by atoms with van der Waals surface area (Å²) in [7, 11) is 0. The fourth-order valence-electron chi connectivity index (χ4n) is 10.3. The maximum absolute atomic E-state index is 14.3. The molecule has 0 aliphatic carbocycles. The van der Waals surface area contributed by atoms with Gasteiger partial charge in [0.1, 0.15) is 0 Å². The number of rotatable bonds is 5. The highest BCUT2D eigenvalue weighted by molar-refractivity contribution is 6.26. The number of benzene rings is 11. The molecular weight excluding hydrogens is 763 g/mol. The van der Waals surface area contributed by atoms with Gasteiger partial charge >= 0.3 is 0 Å². The van der Waals surface area contributed by atoms with Crippen LogP contribution in [0.25, 0.3) is 126 Å². The van der Waals surface area contributed by atoms with Crippen molar-refractivity contribution >= 4 is 70.3 Å². The standard InChI is InChI=1S/C61H37NO/c63-61-54-26-9-8-25-52(54)57-36-47(37-58-56-35-46(28-30-59(56)62(61)60(57)58)42-18-10-15-39(31-42)38-13-2-1-3-14-38)44-20-12-17-41(33-44)40-16-11-19-43(32-40)45-27-29-53-50-23-5-4-21-48(50)49-22-6-7-24-51(49)55(53)34-45/h1-37H. The quantitative estimate of drug-likeness (QED) is 0.159. The van der Waals surface area contributed by atoms with Gasteiger partial charge < -0.3 is 0 Å². The second-order valence-corrected chi connectivity index (χ2v) is 16.8. The number of fused-ring (bicyclic) bond motifs is 11. The highest BCUT2D eigenvalue weighted by atomic mass is 16.1. The average Bonchev–Trinajstić information content (AvgIpc) is 3.70. The molecule has 2 aromatic heterocycles. The van der Waals surface area contributed by atoms with E-state index >= 15 is 0 Å². The summed E-state index contributed by atoms with van der Waals surface area (Å²) in [4.78, 5) is 14.3. The van der Waals surface area contributed by atoms with Crippen molar-refractivity contribution in [2.75, 3.05) is 0 Å². The maximum atomic E-state index is 14.3. The lowest BCUT2D eigenvalue weighted by atomic mass is 9.91. The van der Waals surface area contributed by atoms with Crippen molar-refractivity contribution in [3.63, 3.8) is 0 Å². The van der Waals surface area contributed by atoms with Crippen LogP contribution in [0.15, 0.2) is 229 Å². The normalized spacial score (nSPS) is 11.9. The smallest absolute Gasteiger partial charge is 0.263 e. The molecule has 0 saturated carbocycles. The molecule has 0 N–H and O–H groups in total. The van der Waals surface area contributed by atoms with Crippen molar-refractivity contribution in [1.29, 1.82) is 0 Å². The third-order valence-electron chi connectivity index (χ3n) is 13.3. The van der Waals surface area contributed by atoms with Gasteiger partial charge in [-0.3, -0.25) is 9.20 Å². The predicted octanol–water partition coefficient (Wildman–Crippen LogP) is 16.0. The van der Waals surface area contributed by atoms with Crippen LogP contribution in [0.1, 0.15) is 0 Å². The van der Waals surface area contributed by atoms with Gasteiger partial charge in [0.05, 0.1) is 11.0 Å². The predicted molar refractivity (Wildman–Crippen MR) is 267 cm³/mol. The average molecular weight is 800 g/mol. The number of nitrogens with zero attached hydrogens (tertiary/aromatic N) is 1. The molecule has 63 heavy (non-hydrogen) atoms. The van der Waals surface area contributed by atoms with Crippen LogP contribution in [0.4, 0.5) is 0 Å². The SMILES string of the molecule is O=c1c2ccccc2c2cc(-c3cccc(-c4cccc(-c5ccc6c7ccccc7c7ccccc7c6c5)c4)c3)cc3c4cc(-c5cccc(-c6ccccc6)c5)ccc4n1c23. The zero-order chi connectivity index (χ0) is 41.6. The molecule has 292 valence electrons. The van der Waals surface area contributed by atoms with E-state index in [2.05, 4.69) is 206 Å². The first kappa shape index (κ1) is 35.4. The van der Waals surface area contributed by atoms with E-state index in [4.69, 9.17) is 0 Å². The fourth-order valence-corrected chi connectivity index (χ4v) is 10.3. The number of hydrogen-bond acceptors (Lipinski definition) is 1. The molecule has 0 atom stereocenters. The lowest BCUT2D eigenvalue weighted by Gasteiger charge is -2.13. The zero-order valence-electron chi connectivity index (χ0n) is 34.2. The summed E-state index contributed by atoms with van der Waals surface area (Å²) < 4.78 is 1.94. The minimum atomic E-state index is 0.0134. The van der Waals surface area contributed by atoms with Crippen LogP contribution >= 0.6 is 0 Å². The summed E-state index contributed by atoms with van der Waals surface area (Å²) in [5.41, 5.74) is 13.5. The van der Waals surface area contributed by atoms with Gasteiger partial charge in [0, 0.05) is 21.5 Å². The minimum absolute atomic E-state index is 0.0134. The highest BCUT2D eigenvalue weighted by Crippen LogP contribution is 2.42. The van der Waals surface area contributed by atoms with Crippen molar-refractivity contribution in [2.24, 2.45) is 0 Å². The molecule has 0 spiro atoms. The Labute approximate surface area is 363 Å². The highest BCUT2D eigenvalue weighted by Gasteiger charge is 2.20. The molecule has 0 bridgehead atoms. The summed E-state index contributed by atoms with van der Waals surface area (Å²) in [6.45, 7) is 0. The largest absolute Gasteiger partial charge is 0.275 e. The van der Waals surface area contributed by atoms with E-state index in [-0.39, 0.29) is 5.56 Å². The number of aromatic nitrogens is 1. The van der Waals surface area contributed by atoms with E-state index in [1.807, 2.05) is 22.6 Å². The van der Waals surface area contributed by atoms with Crippen LogP contribution in [0, 0.1) is 0 Å². The van der Waals surface area contributed by atoms with Gasteiger partial charge in [0.15, 0.2) is 0 Å². The van der Waals surface area contributed by atoms with Crippen LogP contribution in [0.5, 0.6) is 0 Å². The maximum Gasteiger partial charge on any atom is 0.263 e. The van der Waals surface area contributed by atoms with Crippen LogP contribution in [0.3, 0.4) is 0 Å². The molecule has 2 heterocycles. The van der Waals surface area contributed by atoms with Crippen molar-refractivity contribution in [3.8, 4) is 55.6 Å². The number of hydrogen-bond donors (Lipinski definition) is 0. The van der Waals surface area contributed by atoms with Crippen LogP contribution in [0.2, 0.25) is 0 Å². The molecule has 0 aliphatic rings. The molecule has 2 nitrogen and oxygen atoms in total. The van der Waals surface area contributed by atoms with E-state index in [9.17, 15) is 4.79 Å². The Kier molecular flexibility index (Phi) is 7.79. The Morgan fingerprint density at radius 2 is 0.571 bits per heavy atom. The Balaban J connectivity index is 0.956. The number of pyridine rings is 1. The van der Waals surface area contributed by atoms with Crippen LogP contribution in [-0.4, -0.2) is 4.40 Å². The first-order chi connectivity index (χ1) is 31.1. The Bertz CT molecular complexity index is 4010. The molecule has 0 amide bonds. The molecular formula is C61H37NO. The molecule has 0 radical (unpaired) electrons. The van der Waals surface area contributed by atoms with Crippen molar-refractivity contribution in [2.45, 2.75) is 0 Å². The van der Waals surface area contributed by atoms with Crippen molar-refractivity contribution in [3.05, 3.63) is 235 Å². The first-order valence-electron chi connectivity index (χ1n) is 21.6. The second kappa shape index (κ2) is 13.9. The zero-order valence-corrected chi connectivity index (χ0v) is 34.2. The monoisotopic (exact) mass is 799 g/mol. The first-order valence-corrected chi connectivity index (χ1v) is 21.6. The van der Waals surface area contributed by atoms with Crippen LogP contribution in [-0.2, 0) is 0 Å². The lowest BCUT2D eigenvalue weighted by Crippen LogP contribution is -2.12. The van der Waals surface area contributed by atoms with Gasteiger partial charge in [-0.2, -0.15) is 0 Å². The summed E-state index contributed by atoms with van der Waals surface area (Å²) >= 11 is 0. The molecule has 2 heteroatoms. The fraction of sp³-hybridized carbons (Fsp3) is 0. The van der Waals surface area contributed by atoms with Crippen molar-refractivity contribution < 1.29 is 0 Å². The van der Waals surface area contributed by atoms with Crippen LogP contribution < -0.4 is 5.56 Å². The molecule has 11 aromatic carbocycles. The summed E-state index contributed by atoms with van der Waals surface area (Å²) in [6.07, 6.45) is 0. The molecule has 0 saturated heterocycles. The van der Waals surface area contributed by atoms with E-state index in [0.29, 0.717) is 0 Å². The molecule has 0 unspecified atom stereocenters. The molecule has 0 aliphatic heterocycles. The molecule has 13 rings (SSSR count). The van der Waals surface area contributed by atoms with Gasteiger partial charge in [-0.15, -0.1) is 0 Å². The van der Waals surface area contributed by atoms with Crippen molar-refractivity contribution in [1.82, 2.24) is 4.40 Å². The third kappa shape index (κ3) is 5.55.